The van der Waals surface area contributed by atoms with E-state index in [1.54, 1.807) is 25.3 Å². The third-order valence-electron chi connectivity index (χ3n) is 5.93. The van der Waals surface area contributed by atoms with Crippen LogP contribution in [0, 0.1) is 0 Å². The highest BCUT2D eigenvalue weighted by atomic mass is 79.9. The molecule has 31 heavy (non-hydrogen) atoms. The van der Waals surface area contributed by atoms with Crippen molar-refractivity contribution in [2.24, 2.45) is 0 Å². The predicted octanol–water partition coefficient (Wildman–Crippen LogP) is 0.705. The van der Waals surface area contributed by atoms with Crippen molar-refractivity contribution in [1.82, 2.24) is 0 Å². The van der Waals surface area contributed by atoms with E-state index in [9.17, 15) is 9.90 Å². The Morgan fingerprint density at radius 3 is 2.74 bits per heavy atom. The van der Waals surface area contributed by atoms with Crippen molar-refractivity contribution >= 4 is 26.9 Å². The zero-order valence-corrected chi connectivity index (χ0v) is 19.4. The van der Waals surface area contributed by atoms with Crippen LogP contribution in [0.3, 0.4) is 0 Å². The topological polar surface area (TPSA) is 78.1 Å². The molecule has 0 saturated carbocycles. The minimum absolute atomic E-state index is 0. The summed E-state index contributed by atoms with van der Waals surface area (Å²) in [5.41, 5.74) is 3.13. The first-order valence-electron chi connectivity index (χ1n) is 9.64. The van der Waals surface area contributed by atoms with Gasteiger partial charge in [-0.2, -0.15) is 0 Å². The lowest BCUT2D eigenvalue weighted by molar-refractivity contribution is -0.937. The standard InChI is InChI=1S/C22H20BrNO6.ClH/c1-24(9-12-7-18(26)30-17-8-13(25)3-4-14(12)17)6-5-15-16(10-24)20(27-2)22-21(19(15)23)28-11-29-22;/h3-4,7-8H,5-6,9-11H2,1-2H3;1H. The van der Waals surface area contributed by atoms with Gasteiger partial charge in [-0.15, -0.1) is 0 Å². The molecule has 9 heteroatoms. The van der Waals surface area contributed by atoms with Crippen molar-refractivity contribution in [3.8, 4) is 23.0 Å². The Bertz CT molecular complexity index is 1240. The largest absolute Gasteiger partial charge is 1.00 e. The van der Waals surface area contributed by atoms with Gasteiger partial charge in [-0.1, -0.05) is 0 Å². The number of halogens is 2. The number of methoxy groups -OCH3 is 1. The minimum atomic E-state index is -0.421. The summed E-state index contributed by atoms with van der Waals surface area (Å²) < 4.78 is 23.9. The van der Waals surface area contributed by atoms with Crippen LogP contribution in [0.1, 0.15) is 16.7 Å². The van der Waals surface area contributed by atoms with Gasteiger partial charge in [-0.3, -0.25) is 0 Å². The summed E-state index contributed by atoms with van der Waals surface area (Å²) in [7, 11) is 3.81. The Hall–Kier alpha value is -2.42. The second kappa shape index (κ2) is 7.93. The fourth-order valence-electron chi connectivity index (χ4n) is 4.54. The number of phenolic OH excluding ortho intramolecular Hbond substituents is 1. The summed E-state index contributed by atoms with van der Waals surface area (Å²) >= 11 is 3.69. The van der Waals surface area contributed by atoms with Crippen molar-refractivity contribution in [3.63, 3.8) is 0 Å². The lowest BCUT2D eigenvalue weighted by Gasteiger charge is -2.39. The third kappa shape index (κ3) is 3.62. The van der Waals surface area contributed by atoms with Gasteiger partial charge in [0, 0.05) is 29.5 Å². The maximum atomic E-state index is 12.1. The number of benzene rings is 2. The number of aromatic hydroxyl groups is 1. The normalized spacial score (nSPS) is 19.1. The average molecular weight is 511 g/mol. The molecule has 1 aromatic heterocycles. The summed E-state index contributed by atoms with van der Waals surface area (Å²) in [5, 5.41) is 10.6. The molecule has 1 N–H and O–H groups in total. The molecule has 2 aliphatic rings. The molecule has 3 aromatic rings. The Morgan fingerprint density at radius 1 is 1.19 bits per heavy atom. The van der Waals surface area contributed by atoms with Gasteiger partial charge in [0.05, 0.1) is 30.7 Å². The Morgan fingerprint density at radius 2 is 1.97 bits per heavy atom. The first kappa shape index (κ1) is 21.8. The van der Waals surface area contributed by atoms with Crippen LogP contribution in [0.2, 0.25) is 0 Å². The quantitative estimate of drug-likeness (QED) is 0.413. The second-order valence-electron chi connectivity index (χ2n) is 8.05. The van der Waals surface area contributed by atoms with Crippen molar-refractivity contribution in [2.75, 3.05) is 27.5 Å². The van der Waals surface area contributed by atoms with Gasteiger partial charge in [0.25, 0.3) is 0 Å². The lowest BCUT2D eigenvalue weighted by atomic mass is 9.95. The first-order chi connectivity index (χ1) is 14.4. The molecule has 0 aliphatic carbocycles. The molecule has 164 valence electrons. The maximum Gasteiger partial charge on any atom is 0.336 e. The minimum Gasteiger partial charge on any atom is -1.00 e. The van der Waals surface area contributed by atoms with Crippen molar-refractivity contribution in [1.29, 1.82) is 0 Å². The number of phenols is 1. The van der Waals surface area contributed by atoms with E-state index in [4.69, 9.17) is 18.6 Å². The summed E-state index contributed by atoms with van der Waals surface area (Å²) in [4.78, 5) is 12.1. The fourth-order valence-corrected chi connectivity index (χ4v) is 5.27. The van der Waals surface area contributed by atoms with Gasteiger partial charge in [0.2, 0.25) is 12.5 Å². The van der Waals surface area contributed by atoms with E-state index in [0.717, 1.165) is 34.0 Å². The summed E-state index contributed by atoms with van der Waals surface area (Å²) in [6.45, 7) is 2.42. The number of hydrogen-bond donors (Lipinski definition) is 1. The van der Waals surface area contributed by atoms with Gasteiger partial charge < -0.3 is 40.6 Å². The van der Waals surface area contributed by atoms with Gasteiger partial charge in [0.1, 0.15) is 24.4 Å². The van der Waals surface area contributed by atoms with Crippen LogP contribution >= 0.6 is 15.9 Å². The summed E-state index contributed by atoms with van der Waals surface area (Å²) in [6.07, 6.45) is 0.833. The smallest absolute Gasteiger partial charge is 0.336 e. The third-order valence-corrected chi connectivity index (χ3v) is 6.77. The molecule has 3 heterocycles. The molecule has 0 fully saturated rings. The Kier molecular flexibility index (Phi) is 5.57. The average Bonchev–Trinajstić information content (AvgIpc) is 3.17. The van der Waals surface area contributed by atoms with E-state index in [1.165, 1.54) is 11.6 Å². The highest BCUT2D eigenvalue weighted by Crippen LogP contribution is 2.52. The molecular formula is C22H21BrClNO6. The molecule has 0 amide bonds. The number of likely N-dealkylation sites (N-methyl/N-ethyl adjacent to an activating group) is 1. The molecule has 5 rings (SSSR count). The fraction of sp³-hybridized carbons (Fsp3) is 0.318. The van der Waals surface area contributed by atoms with E-state index in [0.29, 0.717) is 40.4 Å². The van der Waals surface area contributed by atoms with Crippen LogP contribution in [-0.4, -0.2) is 37.1 Å². The molecule has 1 unspecified atom stereocenters. The van der Waals surface area contributed by atoms with Crippen LogP contribution in [0.5, 0.6) is 23.0 Å². The SMILES string of the molecule is COc1c2c(c(Br)c3c1OCO3)CC[N+](C)(Cc1cc(=O)oc3cc(O)ccc13)C2.[Cl-]. The molecule has 0 saturated heterocycles. The molecule has 2 aliphatic heterocycles. The van der Waals surface area contributed by atoms with Gasteiger partial charge in [0.15, 0.2) is 11.5 Å². The van der Waals surface area contributed by atoms with E-state index >= 15 is 0 Å². The molecule has 0 spiro atoms. The number of rotatable bonds is 3. The van der Waals surface area contributed by atoms with Crippen LogP contribution in [0.4, 0.5) is 0 Å². The monoisotopic (exact) mass is 509 g/mol. The molecule has 7 nitrogen and oxygen atoms in total. The number of nitrogens with zero attached hydrogens (tertiary/aromatic N) is 1. The molecular weight excluding hydrogens is 490 g/mol. The van der Waals surface area contributed by atoms with Gasteiger partial charge in [-0.05, 0) is 33.6 Å². The molecule has 2 aromatic carbocycles. The Labute approximate surface area is 193 Å². The van der Waals surface area contributed by atoms with Crippen LogP contribution in [0.15, 0.2) is 37.9 Å². The highest BCUT2D eigenvalue weighted by molar-refractivity contribution is 9.10. The summed E-state index contributed by atoms with van der Waals surface area (Å²) in [5.74, 6) is 2.12. The van der Waals surface area contributed by atoms with Crippen molar-refractivity contribution in [2.45, 2.75) is 19.5 Å². The zero-order chi connectivity index (χ0) is 21.0. The number of ether oxygens (including phenoxy) is 3. The van der Waals surface area contributed by atoms with E-state index in [-0.39, 0.29) is 24.9 Å². The molecule has 0 radical (unpaired) electrons. The number of fused-ring (bicyclic) bond motifs is 3. The van der Waals surface area contributed by atoms with E-state index in [2.05, 4.69) is 23.0 Å². The van der Waals surface area contributed by atoms with Crippen LogP contribution in [0.25, 0.3) is 11.0 Å². The zero-order valence-electron chi connectivity index (χ0n) is 17.0. The van der Waals surface area contributed by atoms with E-state index in [1.807, 2.05) is 0 Å². The van der Waals surface area contributed by atoms with Crippen molar-refractivity contribution < 1.29 is 40.6 Å². The van der Waals surface area contributed by atoms with Crippen LogP contribution in [-0.2, 0) is 19.5 Å². The Balaban J connectivity index is 0.00000231. The number of hydrogen-bond acceptors (Lipinski definition) is 6. The predicted molar refractivity (Wildman–Crippen MR) is 113 cm³/mol. The molecule has 0 bridgehead atoms. The van der Waals surface area contributed by atoms with Crippen molar-refractivity contribution in [3.05, 3.63) is 55.8 Å². The van der Waals surface area contributed by atoms with Gasteiger partial charge in [-0.25, -0.2) is 4.79 Å². The number of quaternary nitrogens is 1. The van der Waals surface area contributed by atoms with E-state index < -0.39 is 5.63 Å². The first-order valence-corrected chi connectivity index (χ1v) is 10.4. The molecule has 1 atom stereocenters. The van der Waals surface area contributed by atoms with Crippen LogP contribution < -0.4 is 32.2 Å². The highest BCUT2D eigenvalue weighted by Gasteiger charge is 2.38. The second-order valence-corrected chi connectivity index (χ2v) is 8.84. The maximum absolute atomic E-state index is 12.1. The summed E-state index contributed by atoms with van der Waals surface area (Å²) in [6, 6.07) is 6.43. The lowest BCUT2D eigenvalue weighted by Crippen LogP contribution is -3.00. The van der Waals surface area contributed by atoms with Gasteiger partial charge >= 0.3 is 5.63 Å².